The number of amides is 1. The molecule has 31 heavy (non-hydrogen) atoms. The Morgan fingerprint density at radius 1 is 1.13 bits per heavy atom. The first kappa shape index (κ1) is 21.2. The lowest BCUT2D eigenvalue weighted by Crippen LogP contribution is -2.43. The SMILES string of the molecule is CC1CN(c2ccc(C(=O)N3CCOCC3)cc2[N+](=O)[O-])CC(c2ccc(F)cc2)O1. The molecule has 0 spiro atoms. The predicted molar refractivity (Wildman–Crippen MR) is 112 cm³/mol. The fraction of sp³-hybridized carbons (Fsp3) is 0.409. The first-order chi connectivity index (χ1) is 14.9. The van der Waals surface area contributed by atoms with Gasteiger partial charge in [0.25, 0.3) is 11.6 Å². The molecule has 0 radical (unpaired) electrons. The van der Waals surface area contributed by atoms with E-state index in [9.17, 15) is 19.3 Å². The molecule has 2 aromatic rings. The van der Waals surface area contributed by atoms with Gasteiger partial charge in [0.1, 0.15) is 17.6 Å². The number of carbonyl (C=O) groups excluding carboxylic acids is 1. The molecule has 0 saturated carbocycles. The Labute approximate surface area is 179 Å². The van der Waals surface area contributed by atoms with Crippen molar-refractivity contribution in [3.8, 4) is 0 Å². The van der Waals surface area contributed by atoms with Crippen LogP contribution in [0.1, 0.15) is 28.9 Å². The van der Waals surface area contributed by atoms with Gasteiger partial charge in [0.2, 0.25) is 0 Å². The lowest BCUT2D eigenvalue weighted by molar-refractivity contribution is -0.384. The van der Waals surface area contributed by atoms with Crippen molar-refractivity contribution in [3.63, 3.8) is 0 Å². The van der Waals surface area contributed by atoms with E-state index in [4.69, 9.17) is 9.47 Å². The molecule has 9 heteroatoms. The van der Waals surface area contributed by atoms with E-state index in [1.807, 2.05) is 11.8 Å². The van der Waals surface area contributed by atoms with Crippen LogP contribution in [0.4, 0.5) is 15.8 Å². The van der Waals surface area contributed by atoms with Crippen molar-refractivity contribution >= 4 is 17.3 Å². The zero-order valence-corrected chi connectivity index (χ0v) is 17.2. The van der Waals surface area contributed by atoms with Crippen LogP contribution in [0.25, 0.3) is 0 Å². The molecular weight excluding hydrogens is 405 g/mol. The Kier molecular flexibility index (Phi) is 6.15. The summed E-state index contributed by atoms with van der Waals surface area (Å²) in [5.41, 5.74) is 1.41. The Morgan fingerprint density at radius 2 is 1.84 bits per heavy atom. The highest BCUT2D eigenvalue weighted by Gasteiger charge is 2.31. The van der Waals surface area contributed by atoms with E-state index in [1.165, 1.54) is 18.2 Å². The zero-order valence-electron chi connectivity index (χ0n) is 17.2. The first-order valence-electron chi connectivity index (χ1n) is 10.2. The van der Waals surface area contributed by atoms with Gasteiger partial charge in [0.15, 0.2) is 0 Å². The van der Waals surface area contributed by atoms with Crippen LogP contribution in [-0.4, -0.2) is 61.2 Å². The maximum absolute atomic E-state index is 13.3. The second-order valence-corrected chi connectivity index (χ2v) is 7.76. The summed E-state index contributed by atoms with van der Waals surface area (Å²) in [6, 6.07) is 10.7. The average Bonchev–Trinajstić information content (AvgIpc) is 2.78. The Bertz CT molecular complexity index is 962. The monoisotopic (exact) mass is 429 g/mol. The first-order valence-corrected chi connectivity index (χ1v) is 10.2. The van der Waals surface area contributed by atoms with Gasteiger partial charge in [-0.3, -0.25) is 14.9 Å². The molecular formula is C22H24FN3O5. The summed E-state index contributed by atoms with van der Waals surface area (Å²) < 4.78 is 24.6. The van der Waals surface area contributed by atoms with Crippen LogP contribution < -0.4 is 4.90 Å². The third-order valence-electron chi connectivity index (χ3n) is 5.56. The number of ether oxygens (including phenoxy) is 2. The lowest BCUT2D eigenvalue weighted by Gasteiger charge is -2.38. The number of hydrogen-bond acceptors (Lipinski definition) is 6. The van der Waals surface area contributed by atoms with Crippen molar-refractivity contribution in [2.45, 2.75) is 19.1 Å². The second kappa shape index (κ2) is 8.99. The van der Waals surface area contributed by atoms with Crippen molar-refractivity contribution in [2.24, 2.45) is 0 Å². The van der Waals surface area contributed by atoms with Gasteiger partial charge in [-0.2, -0.15) is 0 Å². The van der Waals surface area contributed by atoms with Gasteiger partial charge in [-0.15, -0.1) is 0 Å². The molecule has 2 atom stereocenters. The standard InChI is InChI=1S/C22H24FN3O5/c1-15-13-25(14-21(31-15)16-2-5-18(23)6-3-16)19-7-4-17(12-20(19)26(28)29)22(27)24-8-10-30-11-9-24/h2-7,12,15,21H,8-11,13-14H2,1H3. The summed E-state index contributed by atoms with van der Waals surface area (Å²) in [4.78, 5) is 27.7. The molecule has 8 nitrogen and oxygen atoms in total. The number of rotatable bonds is 4. The van der Waals surface area contributed by atoms with Crippen molar-refractivity contribution in [1.29, 1.82) is 0 Å². The summed E-state index contributed by atoms with van der Waals surface area (Å²) in [6.07, 6.45) is -0.531. The van der Waals surface area contributed by atoms with Crippen LogP contribution in [0.3, 0.4) is 0 Å². The van der Waals surface area contributed by atoms with Gasteiger partial charge in [-0.1, -0.05) is 12.1 Å². The molecule has 0 aromatic heterocycles. The van der Waals surface area contributed by atoms with Gasteiger partial charge in [0.05, 0.1) is 24.2 Å². The van der Waals surface area contributed by atoms with E-state index in [1.54, 1.807) is 29.2 Å². The fourth-order valence-electron chi connectivity index (χ4n) is 4.03. The Balaban J connectivity index is 1.60. The number of nitro benzene ring substituents is 1. The summed E-state index contributed by atoms with van der Waals surface area (Å²) in [7, 11) is 0. The summed E-state index contributed by atoms with van der Waals surface area (Å²) in [6.45, 7) is 4.60. The van der Waals surface area contributed by atoms with Crippen molar-refractivity contribution in [1.82, 2.24) is 4.90 Å². The highest BCUT2D eigenvalue weighted by atomic mass is 19.1. The molecule has 1 amide bonds. The van der Waals surface area contributed by atoms with Gasteiger partial charge < -0.3 is 19.3 Å². The summed E-state index contributed by atoms with van der Waals surface area (Å²) in [5, 5.41) is 11.8. The van der Waals surface area contributed by atoms with Gasteiger partial charge in [-0.25, -0.2) is 4.39 Å². The number of nitro groups is 1. The van der Waals surface area contributed by atoms with Crippen LogP contribution in [0.5, 0.6) is 0 Å². The van der Waals surface area contributed by atoms with Crippen molar-refractivity contribution in [2.75, 3.05) is 44.3 Å². The molecule has 2 unspecified atom stereocenters. The van der Waals surface area contributed by atoms with E-state index in [0.29, 0.717) is 45.1 Å². The van der Waals surface area contributed by atoms with Crippen molar-refractivity contribution < 1.29 is 23.6 Å². The third kappa shape index (κ3) is 4.67. The quantitative estimate of drug-likeness (QED) is 0.548. The van der Waals surface area contributed by atoms with Crippen LogP contribution >= 0.6 is 0 Å². The number of morpholine rings is 2. The summed E-state index contributed by atoms with van der Waals surface area (Å²) >= 11 is 0. The van der Waals surface area contributed by atoms with Crippen molar-refractivity contribution in [3.05, 3.63) is 69.5 Å². The molecule has 164 valence electrons. The predicted octanol–water partition coefficient (Wildman–Crippen LogP) is 3.17. The number of carbonyl (C=O) groups is 1. The number of benzene rings is 2. The molecule has 2 aromatic carbocycles. The number of hydrogen-bond donors (Lipinski definition) is 0. The normalized spacial score (nSPS) is 21.7. The minimum Gasteiger partial charge on any atom is -0.378 e. The maximum atomic E-state index is 13.3. The van der Waals surface area contributed by atoms with Crippen LogP contribution in [0, 0.1) is 15.9 Å². The second-order valence-electron chi connectivity index (χ2n) is 7.76. The van der Waals surface area contributed by atoms with Crippen LogP contribution in [-0.2, 0) is 9.47 Å². The number of halogens is 1. The van der Waals surface area contributed by atoms with Gasteiger partial charge in [-0.05, 0) is 36.8 Å². The minimum atomic E-state index is -0.460. The average molecular weight is 429 g/mol. The van der Waals surface area contributed by atoms with E-state index in [-0.39, 0.29) is 35.2 Å². The molecule has 4 rings (SSSR count). The van der Waals surface area contributed by atoms with E-state index < -0.39 is 4.92 Å². The minimum absolute atomic E-state index is 0.119. The van der Waals surface area contributed by atoms with E-state index in [0.717, 1.165) is 5.56 Å². The smallest absolute Gasteiger partial charge is 0.293 e. The lowest BCUT2D eigenvalue weighted by atomic mass is 10.0. The Morgan fingerprint density at radius 3 is 2.52 bits per heavy atom. The summed E-state index contributed by atoms with van der Waals surface area (Å²) in [5.74, 6) is -0.571. The fourth-order valence-corrected chi connectivity index (χ4v) is 4.03. The highest BCUT2D eigenvalue weighted by molar-refractivity contribution is 5.96. The van der Waals surface area contributed by atoms with Gasteiger partial charge >= 0.3 is 0 Å². The molecule has 2 fully saturated rings. The van der Waals surface area contributed by atoms with Gasteiger partial charge in [0, 0.05) is 37.8 Å². The highest BCUT2D eigenvalue weighted by Crippen LogP contribution is 2.35. The topological polar surface area (TPSA) is 85.2 Å². The molecule has 2 aliphatic heterocycles. The molecule has 0 aliphatic carbocycles. The molecule has 2 aliphatic rings. The largest absolute Gasteiger partial charge is 0.378 e. The molecule has 0 bridgehead atoms. The molecule has 2 saturated heterocycles. The number of nitrogens with zero attached hydrogens (tertiary/aromatic N) is 3. The molecule has 0 N–H and O–H groups in total. The maximum Gasteiger partial charge on any atom is 0.293 e. The van der Waals surface area contributed by atoms with E-state index >= 15 is 0 Å². The van der Waals surface area contributed by atoms with Crippen LogP contribution in [0.15, 0.2) is 42.5 Å². The van der Waals surface area contributed by atoms with Crippen LogP contribution in [0.2, 0.25) is 0 Å². The molecule has 2 heterocycles. The third-order valence-corrected chi connectivity index (χ3v) is 5.56. The van der Waals surface area contributed by atoms with E-state index in [2.05, 4.69) is 0 Å². The number of anilines is 1. The Hall–Kier alpha value is -3.04. The zero-order chi connectivity index (χ0) is 22.0.